The fourth-order valence-corrected chi connectivity index (χ4v) is 1.67. The fraction of sp³-hybridized carbons (Fsp3) is 0.462. The number of aliphatic carboxylic acids is 2. The Labute approximate surface area is 121 Å². The van der Waals surface area contributed by atoms with Gasteiger partial charge in [0.05, 0.1) is 6.54 Å². The molecule has 1 aromatic heterocycles. The van der Waals surface area contributed by atoms with Crippen LogP contribution >= 0.6 is 0 Å². The number of furan rings is 1. The van der Waals surface area contributed by atoms with Crippen molar-refractivity contribution >= 4 is 18.0 Å². The Kier molecular flexibility index (Phi) is 6.25. The van der Waals surface area contributed by atoms with Crippen LogP contribution in [0.2, 0.25) is 0 Å². The van der Waals surface area contributed by atoms with Gasteiger partial charge in [0, 0.05) is 6.42 Å². The van der Waals surface area contributed by atoms with E-state index in [1.165, 1.54) is 0 Å². The maximum Gasteiger partial charge on any atom is 0.326 e. The minimum absolute atomic E-state index is 0.0505. The Balaban J connectivity index is 2.37. The molecular weight excluding hydrogens is 280 g/mol. The number of hydrogen-bond donors (Lipinski definition) is 4. The molecule has 1 rings (SSSR count). The lowest BCUT2D eigenvalue weighted by Crippen LogP contribution is -2.45. The summed E-state index contributed by atoms with van der Waals surface area (Å²) in [6.45, 7) is 1.91. The first-order chi connectivity index (χ1) is 9.88. The second kappa shape index (κ2) is 7.93. The van der Waals surface area contributed by atoms with Gasteiger partial charge >= 0.3 is 18.0 Å². The van der Waals surface area contributed by atoms with Crippen molar-refractivity contribution in [2.45, 2.75) is 38.8 Å². The molecule has 1 heterocycles. The Morgan fingerprint density at radius 3 is 2.52 bits per heavy atom. The number of carboxylic acids is 2. The van der Waals surface area contributed by atoms with Gasteiger partial charge in [0.1, 0.15) is 17.6 Å². The number of carbonyl (C=O) groups excluding carboxylic acids is 1. The smallest absolute Gasteiger partial charge is 0.326 e. The van der Waals surface area contributed by atoms with Crippen molar-refractivity contribution in [3.63, 3.8) is 0 Å². The molecule has 0 unspecified atom stereocenters. The molecule has 0 aliphatic rings. The summed E-state index contributed by atoms with van der Waals surface area (Å²) >= 11 is 0. The number of carboxylic acid groups (broad SMARTS) is 2. The third kappa shape index (κ3) is 6.46. The molecule has 1 atom stereocenters. The van der Waals surface area contributed by atoms with Crippen LogP contribution in [0, 0.1) is 6.92 Å². The molecule has 0 saturated heterocycles. The minimum Gasteiger partial charge on any atom is -0.481 e. The Morgan fingerprint density at radius 1 is 1.29 bits per heavy atom. The van der Waals surface area contributed by atoms with Crippen LogP contribution in [0.5, 0.6) is 0 Å². The van der Waals surface area contributed by atoms with Crippen molar-refractivity contribution in [2.75, 3.05) is 0 Å². The molecule has 0 saturated carbocycles. The van der Waals surface area contributed by atoms with Crippen molar-refractivity contribution in [3.8, 4) is 0 Å². The highest BCUT2D eigenvalue weighted by atomic mass is 16.4. The normalized spacial score (nSPS) is 11.7. The number of amides is 2. The van der Waals surface area contributed by atoms with Crippen molar-refractivity contribution in [2.24, 2.45) is 0 Å². The lowest BCUT2D eigenvalue weighted by atomic mass is 10.1. The monoisotopic (exact) mass is 298 g/mol. The summed E-state index contributed by atoms with van der Waals surface area (Å²) < 4.78 is 5.25. The average Bonchev–Trinajstić information content (AvgIpc) is 2.80. The second-order valence-corrected chi connectivity index (χ2v) is 4.52. The van der Waals surface area contributed by atoms with Gasteiger partial charge in [-0.2, -0.15) is 0 Å². The zero-order valence-corrected chi connectivity index (χ0v) is 11.6. The van der Waals surface area contributed by atoms with Gasteiger partial charge in [-0.25, -0.2) is 9.59 Å². The standard InChI is InChI=1S/C13H18N2O6/c1-8-5-6-9(21-8)7-14-13(20)15-10(12(18)19)3-2-4-11(16)17/h5-6,10H,2-4,7H2,1H3,(H,16,17)(H,18,19)(H2,14,15,20)/t10-/m1/s1. The minimum atomic E-state index is -1.20. The molecule has 0 aliphatic heterocycles. The van der Waals surface area contributed by atoms with Gasteiger partial charge in [-0.1, -0.05) is 0 Å². The van der Waals surface area contributed by atoms with E-state index in [1.807, 2.05) is 0 Å². The summed E-state index contributed by atoms with van der Waals surface area (Å²) in [6, 6.07) is 1.69. The van der Waals surface area contributed by atoms with Crippen LogP contribution in [-0.4, -0.2) is 34.2 Å². The first kappa shape index (κ1) is 16.5. The maximum atomic E-state index is 11.6. The number of rotatable bonds is 8. The van der Waals surface area contributed by atoms with Crippen LogP contribution in [0.25, 0.3) is 0 Å². The lowest BCUT2D eigenvalue weighted by molar-refractivity contribution is -0.140. The van der Waals surface area contributed by atoms with Gasteiger partial charge in [0.15, 0.2) is 0 Å². The van der Waals surface area contributed by atoms with Crippen molar-refractivity contribution in [1.82, 2.24) is 10.6 Å². The molecule has 8 nitrogen and oxygen atoms in total. The highest BCUT2D eigenvalue weighted by Crippen LogP contribution is 2.05. The first-order valence-corrected chi connectivity index (χ1v) is 6.42. The predicted molar refractivity (Wildman–Crippen MR) is 71.7 cm³/mol. The molecule has 116 valence electrons. The highest BCUT2D eigenvalue weighted by Gasteiger charge is 2.19. The third-order valence-corrected chi connectivity index (χ3v) is 2.71. The molecule has 1 aromatic rings. The van der Waals surface area contributed by atoms with Crippen molar-refractivity contribution in [1.29, 1.82) is 0 Å². The Hall–Kier alpha value is -2.51. The molecule has 0 aromatic carbocycles. The van der Waals surface area contributed by atoms with Gasteiger partial charge in [-0.15, -0.1) is 0 Å². The van der Waals surface area contributed by atoms with Gasteiger partial charge in [-0.05, 0) is 31.9 Å². The largest absolute Gasteiger partial charge is 0.481 e. The van der Waals surface area contributed by atoms with Crippen LogP contribution in [0.4, 0.5) is 4.79 Å². The molecule has 0 bridgehead atoms. The quantitative estimate of drug-likeness (QED) is 0.568. The summed E-state index contributed by atoms with van der Waals surface area (Å²) in [5.74, 6) is -0.939. The Bertz CT molecular complexity index is 511. The van der Waals surface area contributed by atoms with Crippen LogP contribution in [-0.2, 0) is 16.1 Å². The summed E-state index contributed by atoms with van der Waals surface area (Å²) in [6.07, 6.45) is 0.0810. The van der Waals surface area contributed by atoms with Crippen LogP contribution in [0.3, 0.4) is 0 Å². The molecule has 4 N–H and O–H groups in total. The van der Waals surface area contributed by atoms with E-state index in [1.54, 1.807) is 19.1 Å². The molecule has 0 spiro atoms. The SMILES string of the molecule is Cc1ccc(CNC(=O)N[C@H](CCCC(=O)O)C(=O)O)o1. The molecular formula is C13H18N2O6. The highest BCUT2D eigenvalue weighted by molar-refractivity contribution is 5.82. The molecule has 8 heteroatoms. The lowest BCUT2D eigenvalue weighted by Gasteiger charge is -2.14. The van der Waals surface area contributed by atoms with Crippen molar-refractivity contribution < 1.29 is 29.0 Å². The van der Waals surface area contributed by atoms with Gasteiger partial charge in [-0.3, -0.25) is 4.79 Å². The van der Waals surface area contributed by atoms with E-state index in [0.717, 1.165) is 0 Å². The number of urea groups is 1. The molecule has 0 aliphatic carbocycles. The van der Waals surface area contributed by atoms with E-state index in [4.69, 9.17) is 14.6 Å². The van der Waals surface area contributed by atoms with E-state index in [2.05, 4.69) is 10.6 Å². The van der Waals surface area contributed by atoms with E-state index in [0.29, 0.717) is 11.5 Å². The first-order valence-electron chi connectivity index (χ1n) is 6.42. The number of aryl methyl sites for hydroxylation is 1. The third-order valence-electron chi connectivity index (χ3n) is 2.71. The van der Waals surface area contributed by atoms with Gasteiger partial charge < -0.3 is 25.3 Å². The van der Waals surface area contributed by atoms with Crippen LogP contribution in [0.1, 0.15) is 30.8 Å². The van der Waals surface area contributed by atoms with Crippen LogP contribution < -0.4 is 10.6 Å². The van der Waals surface area contributed by atoms with Gasteiger partial charge in [0.2, 0.25) is 0 Å². The molecule has 21 heavy (non-hydrogen) atoms. The number of hydrogen-bond acceptors (Lipinski definition) is 4. The molecule has 2 amide bonds. The predicted octanol–water partition coefficient (Wildman–Crippen LogP) is 1.10. The second-order valence-electron chi connectivity index (χ2n) is 4.52. The van der Waals surface area contributed by atoms with E-state index in [9.17, 15) is 14.4 Å². The van der Waals surface area contributed by atoms with Crippen LogP contribution in [0.15, 0.2) is 16.5 Å². The fourth-order valence-electron chi connectivity index (χ4n) is 1.67. The average molecular weight is 298 g/mol. The number of carbonyl (C=O) groups is 3. The topological polar surface area (TPSA) is 129 Å². The maximum absolute atomic E-state index is 11.6. The van der Waals surface area contributed by atoms with E-state index < -0.39 is 24.0 Å². The molecule has 0 fully saturated rings. The summed E-state index contributed by atoms with van der Waals surface area (Å²) in [4.78, 5) is 32.9. The zero-order valence-electron chi connectivity index (χ0n) is 11.6. The zero-order chi connectivity index (χ0) is 15.8. The van der Waals surface area contributed by atoms with E-state index >= 15 is 0 Å². The summed E-state index contributed by atoms with van der Waals surface area (Å²) in [5.41, 5.74) is 0. The molecule has 0 radical (unpaired) electrons. The van der Waals surface area contributed by atoms with Gasteiger partial charge in [0.25, 0.3) is 0 Å². The summed E-state index contributed by atoms with van der Waals surface area (Å²) in [5, 5.41) is 22.2. The number of nitrogens with one attached hydrogen (secondary N) is 2. The van der Waals surface area contributed by atoms with Crippen molar-refractivity contribution in [3.05, 3.63) is 23.7 Å². The summed E-state index contributed by atoms with van der Waals surface area (Å²) in [7, 11) is 0. The Morgan fingerprint density at radius 2 is 2.00 bits per heavy atom. The van der Waals surface area contributed by atoms with E-state index in [-0.39, 0.29) is 25.8 Å².